The zero-order valence-corrected chi connectivity index (χ0v) is 10.2. The first-order chi connectivity index (χ1) is 7.36. The molecule has 0 amide bonds. The third kappa shape index (κ3) is 3.46. The summed E-state index contributed by atoms with van der Waals surface area (Å²) in [6, 6.07) is 0.890. The van der Waals surface area contributed by atoms with Crippen molar-refractivity contribution < 1.29 is 0 Å². The first-order valence-electron chi connectivity index (χ1n) is 6.77. The highest BCUT2D eigenvalue weighted by Gasteiger charge is 2.21. The average Bonchev–Trinajstić information content (AvgIpc) is 2.31. The van der Waals surface area contributed by atoms with Gasteiger partial charge in [0.2, 0.25) is 0 Å². The summed E-state index contributed by atoms with van der Waals surface area (Å²) >= 11 is 0. The van der Waals surface area contributed by atoms with Crippen molar-refractivity contribution in [2.45, 2.75) is 51.0 Å². The van der Waals surface area contributed by atoms with E-state index in [1.54, 1.807) is 0 Å². The number of nitrogens with zero attached hydrogens (tertiary/aromatic N) is 1. The van der Waals surface area contributed by atoms with Crippen molar-refractivity contribution in [2.75, 3.05) is 26.7 Å². The number of piperidine rings is 1. The molecule has 0 aromatic rings. The van der Waals surface area contributed by atoms with Crippen LogP contribution in [0.4, 0.5) is 0 Å². The third-order valence-corrected chi connectivity index (χ3v) is 4.14. The molecule has 1 atom stereocenters. The maximum atomic E-state index is 3.52. The minimum atomic E-state index is 0.890. The normalized spacial score (nSPS) is 29.6. The summed E-state index contributed by atoms with van der Waals surface area (Å²) < 4.78 is 0. The Kier molecular flexibility index (Phi) is 4.45. The van der Waals surface area contributed by atoms with Crippen molar-refractivity contribution in [1.82, 2.24) is 10.2 Å². The zero-order chi connectivity index (χ0) is 10.5. The molecule has 1 N–H and O–H groups in total. The second kappa shape index (κ2) is 5.86. The summed E-state index contributed by atoms with van der Waals surface area (Å²) in [4.78, 5) is 2.64. The molecule has 1 aliphatic heterocycles. The van der Waals surface area contributed by atoms with Gasteiger partial charge in [0.25, 0.3) is 0 Å². The molecular formula is C13H26N2. The molecule has 0 radical (unpaired) electrons. The van der Waals surface area contributed by atoms with Gasteiger partial charge in [-0.05, 0) is 51.7 Å². The minimum absolute atomic E-state index is 0.890. The van der Waals surface area contributed by atoms with E-state index >= 15 is 0 Å². The van der Waals surface area contributed by atoms with Crippen molar-refractivity contribution >= 4 is 0 Å². The topological polar surface area (TPSA) is 15.3 Å². The van der Waals surface area contributed by atoms with Crippen LogP contribution in [0, 0.1) is 5.92 Å². The Morgan fingerprint density at radius 1 is 1.07 bits per heavy atom. The van der Waals surface area contributed by atoms with E-state index in [9.17, 15) is 0 Å². The molecular weight excluding hydrogens is 184 g/mol. The highest BCUT2D eigenvalue weighted by molar-refractivity contribution is 4.78. The van der Waals surface area contributed by atoms with Gasteiger partial charge in [-0.15, -0.1) is 0 Å². The minimum Gasteiger partial charge on any atom is -0.316 e. The molecule has 1 heterocycles. The Balaban J connectivity index is 1.72. The molecule has 0 unspecified atom stereocenters. The lowest BCUT2D eigenvalue weighted by Crippen LogP contribution is -2.41. The molecule has 0 spiro atoms. The van der Waals surface area contributed by atoms with E-state index in [1.165, 1.54) is 64.6 Å². The number of rotatable bonds is 3. The highest BCUT2D eigenvalue weighted by Crippen LogP contribution is 2.23. The first kappa shape index (κ1) is 11.4. The molecule has 2 aliphatic rings. The van der Waals surface area contributed by atoms with Crippen molar-refractivity contribution in [3.63, 3.8) is 0 Å². The van der Waals surface area contributed by atoms with Gasteiger partial charge in [-0.1, -0.05) is 19.3 Å². The maximum Gasteiger partial charge on any atom is 0.00923 e. The molecule has 0 bridgehead atoms. The summed E-state index contributed by atoms with van der Waals surface area (Å²) in [6.45, 7) is 3.80. The number of hydrogen-bond donors (Lipinski definition) is 1. The van der Waals surface area contributed by atoms with E-state index in [4.69, 9.17) is 0 Å². The highest BCUT2D eigenvalue weighted by atomic mass is 15.1. The third-order valence-electron chi connectivity index (χ3n) is 4.14. The van der Waals surface area contributed by atoms with Gasteiger partial charge in [-0.25, -0.2) is 0 Å². The summed E-state index contributed by atoms with van der Waals surface area (Å²) in [5.41, 5.74) is 0. The molecule has 0 aromatic carbocycles. The monoisotopic (exact) mass is 210 g/mol. The van der Waals surface area contributed by atoms with Gasteiger partial charge in [0.05, 0.1) is 0 Å². The van der Waals surface area contributed by atoms with Crippen LogP contribution >= 0.6 is 0 Å². The molecule has 88 valence electrons. The van der Waals surface area contributed by atoms with Crippen LogP contribution in [0.15, 0.2) is 0 Å². The maximum absolute atomic E-state index is 3.52. The first-order valence-corrected chi connectivity index (χ1v) is 6.77. The van der Waals surface area contributed by atoms with Crippen LogP contribution in [-0.2, 0) is 0 Å². The van der Waals surface area contributed by atoms with Gasteiger partial charge in [-0.2, -0.15) is 0 Å². The fourth-order valence-corrected chi connectivity index (χ4v) is 3.16. The lowest BCUT2D eigenvalue weighted by Gasteiger charge is -2.35. The van der Waals surface area contributed by atoms with Crippen LogP contribution < -0.4 is 5.32 Å². The van der Waals surface area contributed by atoms with E-state index in [0.717, 1.165) is 12.0 Å². The molecule has 2 rings (SSSR count). The second-order valence-electron chi connectivity index (χ2n) is 5.44. The van der Waals surface area contributed by atoms with Gasteiger partial charge in [0.1, 0.15) is 0 Å². The van der Waals surface area contributed by atoms with Crippen LogP contribution in [0.2, 0.25) is 0 Å². The van der Waals surface area contributed by atoms with Crippen molar-refractivity contribution in [1.29, 1.82) is 0 Å². The predicted octanol–water partition coefficient (Wildman–Crippen LogP) is 2.25. The second-order valence-corrected chi connectivity index (χ2v) is 5.44. The fourth-order valence-electron chi connectivity index (χ4n) is 3.16. The molecule has 1 saturated heterocycles. The van der Waals surface area contributed by atoms with Gasteiger partial charge >= 0.3 is 0 Å². The molecule has 15 heavy (non-hydrogen) atoms. The lowest BCUT2D eigenvalue weighted by atomic mass is 9.92. The number of hydrogen-bond acceptors (Lipinski definition) is 2. The lowest BCUT2D eigenvalue weighted by molar-refractivity contribution is 0.155. The fraction of sp³-hybridized carbons (Fsp3) is 1.00. The van der Waals surface area contributed by atoms with Crippen LogP contribution in [0.1, 0.15) is 44.9 Å². The van der Waals surface area contributed by atoms with Gasteiger partial charge in [0.15, 0.2) is 0 Å². The van der Waals surface area contributed by atoms with Crippen molar-refractivity contribution in [3.05, 3.63) is 0 Å². The van der Waals surface area contributed by atoms with E-state index in [2.05, 4.69) is 17.3 Å². The van der Waals surface area contributed by atoms with Crippen molar-refractivity contribution in [2.24, 2.45) is 5.92 Å². The largest absolute Gasteiger partial charge is 0.316 e. The molecule has 2 fully saturated rings. The van der Waals surface area contributed by atoms with Crippen LogP contribution in [0.3, 0.4) is 0 Å². The quantitative estimate of drug-likeness (QED) is 0.768. The number of nitrogens with one attached hydrogen (secondary N) is 1. The Morgan fingerprint density at radius 2 is 1.87 bits per heavy atom. The molecule has 1 saturated carbocycles. The van der Waals surface area contributed by atoms with E-state index in [-0.39, 0.29) is 0 Å². The van der Waals surface area contributed by atoms with Gasteiger partial charge < -0.3 is 10.2 Å². The Labute approximate surface area is 94.4 Å². The smallest absolute Gasteiger partial charge is 0.00923 e. The van der Waals surface area contributed by atoms with Gasteiger partial charge in [-0.3, -0.25) is 0 Å². The summed E-state index contributed by atoms with van der Waals surface area (Å²) in [5, 5.41) is 3.52. The molecule has 2 heteroatoms. The average molecular weight is 210 g/mol. The Hall–Kier alpha value is -0.0800. The van der Waals surface area contributed by atoms with Crippen LogP contribution in [0.5, 0.6) is 0 Å². The van der Waals surface area contributed by atoms with Crippen molar-refractivity contribution in [3.8, 4) is 0 Å². The van der Waals surface area contributed by atoms with E-state index < -0.39 is 0 Å². The summed E-state index contributed by atoms with van der Waals surface area (Å²) in [7, 11) is 2.34. The van der Waals surface area contributed by atoms with Crippen LogP contribution in [-0.4, -0.2) is 37.6 Å². The predicted molar refractivity (Wildman–Crippen MR) is 65.1 cm³/mol. The molecule has 1 aliphatic carbocycles. The van der Waals surface area contributed by atoms with Gasteiger partial charge in [0, 0.05) is 12.6 Å². The Morgan fingerprint density at radius 3 is 2.53 bits per heavy atom. The van der Waals surface area contributed by atoms with Crippen LogP contribution in [0.25, 0.3) is 0 Å². The molecule has 2 nitrogen and oxygen atoms in total. The van der Waals surface area contributed by atoms with E-state index in [1.807, 2.05) is 0 Å². The standard InChI is InChI=1S/C13H26N2/c1-15(13-7-3-2-4-8-13)11-12-6-5-9-14-10-12/h12-14H,2-11H2,1H3/t12-/m0/s1. The molecule has 0 aromatic heterocycles. The summed E-state index contributed by atoms with van der Waals surface area (Å²) in [5.74, 6) is 0.908. The Bertz CT molecular complexity index is 169. The van der Waals surface area contributed by atoms with E-state index in [0.29, 0.717) is 0 Å². The SMILES string of the molecule is CN(C[C@H]1CCCNC1)C1CCCCC1. The zero-order valence-electron chi connectivity index (χ0n) is 10.2. The summed E-state index contributed by atoms with van der Waals surface area (Å²) in [6.07, 6.45) is 10.1.